The smallest absolute Gasteiger partial charge is 0.115 e. The van der Waals surface area contributed by atoms with Gasteiger partial charge in [0, 0.05) is 12.1 Å². The molecule has 2 rings (SSSR count). The van der Waals surface area contributed by atoms with Crippen molar-refractivity contribution in [1.82, 2.24) is 5.32 Å². The van der Waals surface area contributed by atoms with Crippen LogP contribution in [0, 0.1) is 11.3 Å². The first-order chi connectivity index (χ1) is 9.86. The second-order valence-corrected chi connectivity index (χ2v) is 7.75. The first-order valence-electron chi connectivity index (χ1n) is 8.41. The molecule has 0 amide bonds. The van der Waals surface area contributed by atoms with E-state index in [1.54, 1.807) is 6.07 Å². The summed E-state index contributed by atoms with van der Waals surface area (Å²) in [5.41, 5.74) is 1.61. The Morgan fingerprint density at radius 3 is 2.57 bits per heavy atom. The second-order valence-electron chi connectivity index (χ2n) is 7.75. The fourth-order valence-electron chi connectivity index (χ4n) is 3.58. The van der Waals surface area contributed by atoms with Crippen molar-refractivity contribution >= 4 is 0 Å². The van der Waals surface area contributed by atoms with Crippen molar-refractivity contribution in [2.24, 2.45) is 11.3 Å². The Balaban J connectivity index is 1.91. The van der Waals surface area contributed by atoms with Crippen LogP contribution < -0.4 is 5.32 Å². The summed E-state index contributed by atoms with van der Waals surface area (Å²) in [5, 5.41) is 13.4. The third kappa shape index (κ3) is 4.74. The van der Waals surface area contributed by atoms with Gasteiger partial charge < -0.3 is 10.4 Å². The molecule has 3 atom stereocenters. The maximum Gasteiger partial charge on any atom is 0.115 e. The van der Waals surface area contributed by atoms with Gasteiger partial charge in [0.15, 0.2) is 0 Å². The molecule has 0 bridgehead atoms. The van der Waals surface area contributed by atoms with Gasteiger partial charge in [-0.05, 0) is 61.6 Å². The lowest BCUT2D eigenvalue weighted by atomic mass is 9.76. The minimum absolute atomic E-state index is 0.299. The Bertz CT molecular complexity index is 449. The van der Waals surface area contributed by atoms with Gasteiger partial charge in [-0.1, -0.05) is 39.3 Å². The van der Waals surface area contributed by atoms with Crippen LogP contribution in [0.25, 0.3) is 0 Å². The third-order valence-corrected chi connectivity index (χ3v) is 5.05. The molecular weight excluding hydrogens is 258 g/mol. The molecule has 0 heterocycles. The fraction of sp³-hybridized carbons (Fsp3) is 0.684. The number of nitrogens with one attached hydrogen (secondary N) is 1. The van der Waals surface area contributed by atoms with Crippen LogP contribution in [0.5, 0.6) is 5.75 Å². The number of benzene rings is 1. The SMILES string of the molecule is CC(NC1CCCC(C(C)(C)C)CC1)c1cccc(O)c1. The Morgan fingerprint density at radius 2 is 1.90 bits per heavy atom. The van der Waals surface area contributed by atoms with E-state index >= 15 is 0 Å². The molecule has 1 aromatic rings. The van der Waals surface area contributed by atoms with Crippen LogP contribution in [0.15, 0.2) is 24.3 Å². The first kappa shape index (κ1) is 16.4. The van der Waals surface area contributed by atoms with Gasteiger partial charge in [0.05, 0.1) is 0 Å². The van der Waals surface area contributed by atoms with E-state index in [1.807, 2.05) is 12.1 Å². The highest BCUT2D eigenvalue weighted by Crippen LogP contribution is 2.37. The minimum Gasteiger partial charge on any atom is -0.508 e. The summed E-state index contributed by atoms with van der Waals surface area (Å²) in [6, 6.07) is 8.52. The molecule has 0 spiro atoms. The standard InChI is InChI=1S/C19H31NO/c1-14(15-7-5-10-18(21)13-15)20-17-9-6-8-16(11-12-17)19(2,3)4/h5,7,10,13-14,16-17,20-21H,6,8-9,11-12H2,1-4H3. The lowest BCUT2D eigenvalue weighted by molar-refractivity contribution is 0.213. The van der Waals surface area contributed by atoms with Crippen molar-refractivity contribution in [3.8, 4) is 5.75 Å². The highest BCUT2D eigenvalue weighted by molar-refractivity contribution is 5.29. The number of phenols is 1. The zero-order valence-electron chi connectivity index (χ0n) is 14.0. The Morgan fingerprint density at radius 1 is 1.14 bits per heavy atom. The quantitative estimate of drug-likeness (QED) is 0.764. The Hall–Kier alpha value is -1.02. The number of phenolic OH excluding ortho intramolecular Hbond substituents is 1. The fourth-order valence-corrected chi connectivity index (χ4v) is 3.58. The first-order valence-corrected chi connectivity index (χ1v) is 8.41. The molecule has 0 aromatic heterocycles. The lowest BCUT2D eigenvalue weighted by Gasteiger charge is -2.30. The molecule has 2 heteroatoms. The second kappa shape index (κ2) is 6.83. The van der Waals surface area contributed by atoms with Crippen molar-refractivity contribution in [2.45, 2.75) is 71.9 Å². The summed E-state index contributed by atoms with van der Waals surface area (Å²) in [6.45, 7) is 9.32. The summed E-state index contributed by atoms with van der Waals surface area (Å²) in [6.07, 6.45) is 6.56. The van der Waals surface area contributed by atoms with Crippen LogP contribution in [-0.4, -0.2) is 11.1 Å². The molecule has 0 radical (unpaired) electrons. The normalized spacial score (nSPS) is 25.3. The average molecular weight is 289 g/mol. The van der Waals surface area contributed by atoms with E-state index in [1.165, 1.54) is 37.7 Å². The molecule has 3 unspecified atom stereocenters. The predicted octanol–water partition coefficient (Wildman–Crippen LogP) is 5.04. The summed E-state index contributed by atoms with van der Waals surface area (Å²) in [7, 11) is 0. The zero-order chi connectivity index (χ0) is 15.5. The van der Waals surface area contributed by atoms with E-state index < -0.39 is 0 Å². The highest BCUT2D eigenvalue weighted by Gasteiger charge is 2.28. The van der Waals surface area contributed by atoms with Crippen LogP contribution >= 0.6 is 0 Å². The number of aromatic hydroxyl groups is 1. The topological polar surface area (TPSA) is 32.3 Å². The molecule has 0 aliphatic heterocycles. The van der Waals surface area contributed by atoms with Crippen molar-refractivity contribution < 1.29 is 5.11 Å². The summed E-state index contributed by atoms with van der Waals surface area (Å²) in [4.78, 5) is 0. The third-order valence-electron chi connectivity index (χ3n) is 5.05. The van der Waals surface area contributed by atoms with Crippen LogP contribution in [0.3, 0.4) is 0 Å². The number of hydrogen-bond acceptors (Lipinski definition) is 2. The molecule has 1 aliphatic rings. The van der Waals surface area contributed by atoms with E-state index in [-0.39, 0.29) is 0 Å². The zero-order valence-corrected chi connectivity index (χ0v) is 14.0. The largest absolute Gasteiger partial charge is 0.508 e. The molecule has 1 aromatic carbocycles. The van der Waals surface area contributed by atoms with Gasteiger partial charge in [-0.15, -0.1) is 0 Å². The average Bonchev–Trinajstić information content (AvgIpc) is 2.64. The number of hydrogen-bond donors (Lipinski definition) is 2. The minimum atomic E-state index is 0.299. The van der Waals surface area contributed by atoms with Gasteiger partial charge in [0.25, 0.3) is 0 Å². The molecule has 2 nitrogen and oxygen atoms in total. The van der Waals surface area contributed by atoms with Crippen LogP contribution in [0.4, 0.5) is 0 Å². The van der Waals surface area contributed by atoms with Crippen LogP contribution in [0.2, 0.25) is 0 Å². The van der Waals surface area contributed by atoms with Crippen molar-refractivity contribution in [3.05, 3.63) is 29.8 Å². The highest BCUT2D eigenvalue weighted by atomic mass is 16.3. The molecule has 1 aliphatic carbocycles. The lowest BCUT2D eigenvalue weighted by Crippen LogP contribution is -2.31. The predicted molar refractivity (Wildman–Crippen MR) is 89.5 cm³/mol. The summed E-state index contributed by atoms with van der Waals surface area (Å²) in [5.74, 6) is 1.20. The maximum absolute atomic E-state index is 9.61. The molecule has 21 heavy (non-hydrogen) atoms. The van der Waals surface area contributed by atoms with Gasteiger partial charge in [0.1, 0.15) is 5.75 Å². The maximum atomic E-state index is 9.61. The monoisotopic (exact) mass is 289 g/mol. The van der Waals surface area contributed by atoms with E-state index in [4.69, 9.17) is 0 Å². The molecule has 1 saturated carbocycles. The van der Waals surface area contributed by atoms with Crippen molar-refractivity contribution in [2.75, 3.05) is 0 Å². The van der Waals surface area contributed by atoms with Gasteiger partial charge in [-0.3, -0.25) is 0 Å². The van der Waals surface area contributed by atoms with Crippen molar-refractivity contribution in [1.29, 1.82) is 0 Å². The van der Waals surface area contributed by atoms with Gasteiger partial charge in [-0.2, -0.15) is 0 Å². The summed E-state index contributed by atoms with van der Waals surface area (Å²) < 4.78 is 0. The van der Waals surface area contributed by atoms with E-state index in [0.717, 1.165) is 5.92 Å². The molecule has 1 fully saturated rings. The molecular formula is C19H31NO. The number of rotatable bonds is 3. The van der Waals surface area contributed by atoms with Crippen molar-refractivity contribution in [3.63, 3.8) is 0 Å². The molecule has 2 N–H and O–H groups in total. The molecule has 118 valence electrons. The molecule has 0 saturated heterocycles. The van der Waals surface area contributed by atoms with Crippen LogP contribution in [-0.2, 0) is 0 Å². The summed E-state index contributed by atoms with van der Waals surface area (Å²) >= 11 is 0. The van der Waals surface area contributed by atoms with E-state index in [2.05, 4.69) is 39.1 Å². The Kier molecular flexibility index (Phi) is 5.32. The Labute approximate surface area is 130 Å². The van der Waals surface area contributed by atoms with Gasteiger partial charge >= 0.3 is 0 Å². The van der Waals surface area contributed by atoms with E-state index in [9.17, 15) is 5.11 Å². The van der Waals surface area contributed by atoms with Gasteiger partial charge in [0.2, 0.25) is 0 Å². The van der Waals surface area contributed by atoms with Crippen LogP contribution in [0.1, 0.15) is 71.4 Å². The van der Waals surface area contributed by atoms with E-state index in [0.29, 0.717) is 23.2 Å². The van der Waals surface area contributed by atoms with Gasteiger partial charge in [-0.25, -0.2) is 0 Å².